The largest absolute Gasteiger partial charge is 0.310 e. The van der Waals surface area contributed by atoms with E-state index in [1.165, 1.54) is 110 Å². The second-order valence-electron chi connectivity index (χ2n) is 21.2. The molecule has 4 heteroatoms. The molecule has 4 nitrogen and oxygen atoms in total. The third-order valence-corrected chi connectivity index (χ3v) is 16.3. The summed E-state index contributed by atoms with van der Waals surface area (Å²) in [6.45, 7) is 9.06. The summed E-state index contributed by atoms with van der Waals surface area (Å²) in [6, 6.07) is 90.4. The Morgan fingerprint density at radius 1 is 0.289 bits per heavy atom. The van der Waals surface area contributed by atoms with Crippen molar-refractivity contribution in [3.8, 4) is 22.3 Å². The molecule has 0 saturated carbocycles. The fraction of sp³-hybridized carbons (Fsp3) is 0.0833. The fourth-order valence-corrected chi connectivity index (χ4v) is 12.8. The van der Waals surface area contributed by atoms with Crippen molar-refractivity contribution < 1.29 is 0 Å². The molecule has 0 amide bonds. The van der Waals surface area contributed by atoms with E-state index < -0.39 is 0 Å². The van der Waals surface area contributed by atoms with Gasteiger partial charge in [-0.2, -0.15) is 0 Å². The maximum Gasteiger partial charge on any atom is 0.0641 e. The maximum atomic E-state index is 2.58. The minimum Gasteiger partial charge on any atom is -0.310 e. The standard InChI is InChI=1S/C72H54N4/c1-45(2)47-31-35-53(36-32-47)73(51-23-13-7-14-24-51)63-41-39-57-59-43-66-60(44-65(59)75-61-29-17-27-55(49-19-9-5-10-20-49)67(61)69(63)71(57)75)58-40-42-64(74(52-25-15-8-16-26-52)54-37-33-48(34-38-54)46(3)4)70-68-56(50-21-11-6-12-22-50)28-18-30-62(68)76(66)72(58)70/h5-46H,1-4H3. The average Bonchev–Trinajstić information content (AvgIpc) is 4.39. The number of hydrogen-bond donors (Lipinski definition) is 0. The molecule has 362 valence electrons. The van der Waals surface area contributed by atoms with Crippen molar-refractivity contribution in [1.29, 1.82) is 0 Å². The van der Waals surface area contributed by atoms with E-state index in [1.807, 2.05) is 0 Å². The first-order valence-corrected chi connectivity index (χ1v) is 26.8. The Bertz CT molecular complexity index is 4350. The fourth-order valence-electron chi connectivity index (χ4n) is 12.8. The summed E-state index contributed by atoms with van der Waals surface area (Å²) >= 11 is 0. The molecule has 0 unspecified atom stereocenters. The number of rotatable bonds is 10. The minimum atomic E-state index is 0.433. The van der Waals surface area contributed by atoms with Crippen molar-refractivity contribution >= 4 is 110 Å². The first-order chi connectivity index (χ1) is 37.4. The second-order valence-corrected chi connectivity index (χ2v) is 21.2. The van der Waals surface area contributed by atoms with Gasteiger partial charge in [0, 0.05) is 65.8 Å². The highest BCUT2D eigenvalue weighted by atomic mass is 15.2. The van der Waals surface area contributed by atoms with E-state index in [4.69, 9.17) is 0 Å². The summed E-state index contributed by atoms with van der Waals surface area (Å²) in [5.74, 6) is 0.867. The normalized spacial score (nSPS) is 12.2. The van der Waals surface area contributed by atoms with Crippen LogP contribution in [0.25, 0.3) is 98.4 Å². The Hall–Kier alpha value is -9.38. The zero-order chi connectivity index (χ0) is 50.8. The lowest BCUT2D eigenvalue weighted by molar-refractivity contribution is 0.866. The monoisotopic (exact) mass is 974 g/mol. The van der Waals surface area contributed by atoms with Crippen molar-refractivity contribution in [2.45, 2.75) is 39.5 Å². The SMILES string of the molecule is CC(C)c1ccc(N(c2ccccc2)c2ccc3c4cc5c(cc4n4c6cccc(-c7ccccc7)c6c2c34)c2ccc(N(c3ccccc3)c3ccc(C(C)C)cc3)c3c4c(-c6ccccc6)cccc4n5c23)cc1. The smallest absolute Gasteiger partial charge is 0.0641 e. The van der Waals surface area contributed by atoms with Crippen LogP contribution in [-0.4, -0.2) is 8.80 Å². The lowest BCUT2D eigenvalue weighted by Gasteiger charge is -2.27. The van der Waals surface area contributed by atoms with Crippen LogP contribution in [0, 0.1) is 0 Å². The third-order valence-electron chi connectivity index (χ3n) is 16.3. The van der Waals surface area contributed by atoms with Crippen molar-refractivity contribution in [3.05, 3.63) is 254 Å². The number of aromatic nitrogens is 2. The first-order valence-electron chi connectivity index (χ1n) is 26.8. The van der Waals surface area contributed by atoms with Gasteiger partial charge in [0.25, 0.3) is 0 Å². The molecular weight excluding hydrogens is 921 g/mol. The number of benzene rings is 11. The molecule has 11 aromatic carbocycles. The molecular formula is C72H54N4. The number of hydrogen-bond acceptors (Lipinski definition) is 2. The quantitative estimate of drug-likeness (QED) is 0.136. The highest BCUT2D eigenvalue weighted by Crippen LogP contribution is 2.53. The highest BCUT2D eigenvalue weighted by Gasteiger charge is 2.30. The van der Waals surface area contributed by atoms with Crippen LogP contribution in [-0.2, 0) is 0 Å². The van der Waals surface area contributed by atoms with Gasteiger partial charge in [0.15, 0.2) is 0 Å². The summed E-state index contributed by atoms with van der Waals surface area (Å²) < 4.78 is 5.17. The number of anilines is 6. The molecule has 76 heavy (non-hydrogen) atoms. The van der Waals surface area contributed by atoms with Gasteiger partial charge in [0.1, 0.15) is 0 Å². The van der Waals surface area contributed by atoms with Gasteiger partial charge in [-0.05, 0) is 130 Å². The minimum absolute atomic E-state index is 0.433. The lowest BCUT2D eigenvalue weighted by atomic mass is 9.96. The molecule has 4 aromatic heterocycles. The third kappa shape index (κ3) is 6.50. The summed E-state index contributed by atoms with van der Waals surface area (Å²) in [5.41, 5.74) is 21.6. The van der Waals surface area contributed by atoms with Crippen LogP contribution in [0.3, 0.4) is 0 Å². The Balaban J connectivity index is 1.07. The number of nitrogens with zero attached hydrogens (tertiary/aromatic N) is 4. The van der Waals surface area contributed by atoms with Gasteiger partial charge in [0.2, 0.25) is 0 Å². The predicted octanol–water partition coefficient (Wildman–Crippen LogP) is 20.5. The van der Waals surface area contributed by atoms with Crippen LogP contribution in [0.4, 0.5) is 34.1 Å². The first kappa shape index (κ1) is 44.1. The summed E-state index contributed by atoms with van der Waals surface area (Å²) in [7, 11) is 0. The molecule has 0 spiro atoms. The molecule has 0 bridgehead atoms. The van der Waals surface area contributed by atoms with Crippen molar-refractivity contribution in [3.63, 3.8) is 0 Å². The van der Waals surface area contributed by atoms with E-state index in [1.54, 1.807) is 0 Å². The molecule has 15 aromatic rings. The van der Waals surface area contributed by atoms with Gasteiger partial charge < -0.3 is 18.6 Å². The van der Waals surface area contributed by atoms with Crippen LogP contribution < -0.4 is 9.80 Å². The van der Waals surface area contributed by atoms with Gasteiger partial charge in [-0.3, -0.25) is 0 Å². The molecule has 0 radical (unpaired) electrons. The highest BCUT2D eigenvalue weighted by molar-refractivity contribution is 6.34. The van der Waals surface area contributed by atoms with Crippen molar-refractivity contribution in [1.82, 2.24) is 8.80 Å². The van der Waals surface area contributed by atoms with E-state index >= 15 is 0 Å². The van der Waals surface area contributed by atoms with E-state index in [9.17, 15) is 0 Å². The van der Waals surface area contributed by atoms with E-state index in [0.717, 1.165) is 34.1 Å². The van der Waals surface area contributed by atoms with Gasteiger partial charge in [-0.15, -0.1) is 0 Å². The summed E-state index contributed by atoms with van der Waals surface area (Å²) in [4.78, 5) is 4.94. The Labute approximate surface area is 442 Å². The molecule has 0 saturated heterocycles. The Kier molecular flexibility index (Phi) is 9.93. The van der Waals surface area contributed by atoms with Crippen molar-refractivity contribution in [2.75, 3.05) is 9.80 Å². The van der Waals surface area contributed by atoms with E-state index in [-0.39, 0.29) is 0 Å². The molecule has 0 atom stereocenters. The van der Waals surface area contributed by atoms with Gasteiger partial charge in [-0.1, -0.05) is 185 Å². The topological polar surface area (TPSA) is 15.3 Å². The average molecular weight is 975 g/mol. The maximum absolute atomic E-state index is 2.58. The van der Waals surface area contributed by atoms with E-state index in [2.05, 4.69) is 289 Å². The summed E-state index contributed by atoms with van der Waals surface area (Å²) in [6.07, 6.45) is 0. The van der Waals surface area contributed by atoms with Crippen LogP contribution in [0.2, 0.25) is 0 Å². The van der Waals surface area contributed by atoms with Crippen LogP contribution >= 0.6 is 0 Å². The summed E-state index contributed by atoms with van der Waals surface area (Å²) in [5, 5.41) is 9.96. The lowest BCUT2D eigenvalue weighted by Crippen LogP contribution is -2.10. The predicted molar refractivity (Wildman–Crippen MR) is 324 cm³/mol. The Morgan fingerprint density at radius 3 is 1.01 bits per heavy atom. The van der Waals surface area contributed by atoms with Crippen LogP contribution in [0.5, 0.6) is 0 Å². The molecule has 0 aliphatic carbocycles. The number of para-hydroxylation sites is 2. The van der Waals surface area contributed by atoms with Gasteiger partial charge in [-0.25, -0.2) is 0 Å². The Morgan fingerprint density at radius 2 is 0.645 bits per heavy atom. The molecule has 4 heterocycles. The van der Waals surface area contributed by atoms with Gasteiger partial charge >= 0.3 is 0 Å². The zero-order valence-electron chi connectivity index (χ0n) is 43.0. The van der Waals surface area contributed by atoms with E-state index in [0.29, 0.717) is 11.8 Å². The van der Waals surface area contributed by atoms with Crippen LogP contribution in [0.15, 0.2) is 243 Å². The molecule has 0 aliphatic rings. The van der Waals surface area contributed by atoms with Crippen LogP contribution in [0.1, 0.15) is 50.7 Å². The molecule has 0 N–H and O–H groups in total. The van der Waals surface area contributed by atoms with Crippen molar-refractivity contribution in [2.24, 2.45) is 0 Å². The molecule has 0 fully saturated rings. The van der Waals surface area contributed by atoms with Gasteiger partial charge in [0.05, 0.1) is 44.5 Å². The number of fused-ring (bicyclic) bond motifs is 12. The zero-order valence-corrected chi connectivity index (χ0v) is 43.0. The second kappa shape index (κ2) is 17.1. The molecule has 15 rings (SSSR count). The molecule has 0 aliphatic heterocycles.